The van der Waals surface area contributed by atoms with Gasteiger partial charge in [-0.05, 0) is 31.2 Å². The number of nitrogens with zero attached hydrogens (tertiary/aromatic N) is 2. The topological polar surface area (TPSA) is 51.4 Å². The maximum absolute atomic E-state index is 5.81. The SMILES string of the molecule is CCOC1CCCN(c2nc(CN)cc3ccccc23)C1. The van der Waals surface area contributed by atoms with Crippen molar-refractivity contribution in [2.75, 3.05) is 24.6 Å². The zero-order valence-electron chi connectivity index (χ0n) is 12.6. The van der Waals surface area contributed by atoms with E-state index < -0.39 is 0 Å². The number of anilines is 1. The molecular weight excluding hydrogens is 262 g/mol. The fraction of sp³-hybridized carbons (Fsp3) is 0.471. The van der Waals surface area contributed by atoms with Crippen LogP contribution in [0.1, 0.15) is 25.5 Å². The Labute approximate surface area is 125 Å². The number of piperidine rings is 1. The zero-order valence-corrected chi connectivity index (χ0v) is 12.6. The molecule has 4 nitrogen and oxygen atoms in total. The summed E-state index contributed by atoms with van der Waals surface area (Å²) in [4.78, 5) is 7.14. The minimum atomic E-state index is 0.311. The molecule has 1 aliphatic heterocycles. The molecule has 0 aliphatic carbocycles. The van der Waals surface area contributed by atoms with E-state index in [9.17, 15) is 0 Å². The molecule has 4 heteroatoms. The minimum Gasteiger partial charge on any atom is -0.377 e. The van der Waals surface area contributed by atoms with Crippen molar-refractivity contribution < 1.29 is 4.74 Å². The molecule has 2 aromatic rings. The van der Waals surface area contributed by atoms with Gasteiger partial charge in [-0.15, -0.1) is 0 Å². The second-order valence-electron chi connectivity index (χ2n) is 5.53. The smallest absolute Gasteiger partial charge is 0.136 e. The first kappa shape index (κ1) is 14.3. The van der Waals surface area contributed by atoms with E-state index in [2.05, 4.69) is 42.2 Å². The fourth-order valence-electron chi connectivity index (χ4n) is 3.08. The van der Waals surface area contributed by atoms with Gasteiger partial charge < -0.3 is 15.4 Å². The first-order valence-electron chi connectivity index (χ1n) is 7.77. The number of hydrogen-bond acceptors (Lipinski definition) is 4. The molecule has 1 saturated heterocycles. The van der Waals surface area contributed by atoms with E-state index in [1.54, 1.807) is 0 Å². The lowest BCUT2D eigenvalue weighted by Gasteiger charge is -2.34. The maximum Gasteiger partial charge on any atom is 0.136 e. The molecule has 1 aliphatic rings. The van der Waals surface area contributed by atoms with E-state index in [0.29, 0.717) is 12.6 Å². The highest BCUT2D eigenvalue weighted by atomic mass is 16.5. The van der Waals surface area contributed by atoms with Crippen molar-refractivity contribution in [3.63, 3.8) is 0 Å². The number of aromatic nitrogens is 1. The van der Waals surface area contributed by atoms with Gasteiger partial charge in [-0.1, -0.05) is 24.3 Å². The van der Waals surface area contributed by atoms with Gasteiger partial charge in [-0.2, -0.15) is 0 Å². The Morgan fingerprint density at radius 1 is 1.38 bits per heavy atom. The van der Waals surface area contributed by atoms with Crippen LogP contribution in [0, 0.1) is 0 Å². The van der Waals surface area contributed by atoms with E-state index in [1.807, 2.05) is 0 Å². The molecule has 0 radical (unpaired) electrons. The number of hydrogen-bond donors (Lipinski definition) is 1. The van der Waals surface area contributed by atoms with Crippen LogP contribution in [0.5, 0.6) is 0 Å². The molecular formula is C17H23N3O. The number of nitrogens with two attached hydrogens (primary N) is 1. The summed E-state index contributed by atoms with van der Waals surface area (Å²) in [5.41, 5.74) is 6.76. The van der Waals surface area contributed by atoms with E-state index in [0.717, 1.165) is 44.0 Å². The van der Waals surface area contributed by atoms with Crippen molar-refractivity contribution in [1.82, 2.24) is 4.98 Å². The van der Waals surface area contributed by atoms with Crippen molar-refractivity contribution in [2.45, 2.75) is 32.4 Å². The second-order valence-corrected chi connectivity index (χ2v) is 5.53. The Morgan fingerprint density at radius 3 is 3.05 bits per heavy atom. The summed E-state index contributed by atoms with van der Waals surface area (Å²) in [6.07, 6.45) is 2.60. The number of benzene rings is 1. The largest absolute Gasteiger partial charge is 0.377 e. The average Bonchev–Trinajstić information content (AvgIpc) is 2.54. The summed E-state index contributed by atoms with van der Waals surface area (Å²) in [7, 11) is 0. The summed E-state index contributed by atoms with van der Waals surface area (Å²) in [6, 6.07) is 10.5. The van der Waals surface area contributed by atoms with Crippen LogP contribution in [0.25, 0.3) is 10.8 Å². The lowest BCUT2D eigenvalue weighted by Crippen LogP contribution is -2.40. The van der Waals surface area contributed by atoms with Crippen molar-refractivity contribution >= 4 is 16.6 Å². The van der Waals surface area contributed by atoms with Crippen molar-refractivity contribution in [3.8, 4) is 0 Å². The number of rotatable bonds is 4. The summed E-state index contributed by atoms with van der Waals surface area (Å²) in [6.45, 7) is 5.26. The van der Waals surface area contributed by atoms with Crippen LogP contribution in [-0.2, 0) is 11.3 Å². The van der Waals surface area contributed by atoms with Gasteiger partial charge in [-0.3, -0.25) is 0 Å². The van der Waals surface area contributed by atoms with E-state index in [1.165, 1.54) is 10.8 Å². The highest BCUT2D eigenvalue weighted by Crippen LogP contribution is 2.28. The van der Waals surface area contributed by atoms with Crippen LogP contribution in [0.15, 0.2) is 30.3 Å². The van der Waals surface area contributed by atoms with Crippen LogP contribution in [0.4, 0.5) is 5.82 Å². The average molecular weight is 285 g/mol. The predicted molar refractivity (Wildman–Crippen MR) is 86.5 cm³/mol. The Kier molecular flexibility index (Phi) is 4.36. The second kappa shape index (κ2) is 6.41. The Morgan fingerprint density at radius 2 is 2.24 bits per heavy atom. The molecule has 1 fully saturated rings. The summed E-state index contributed by atoms with van der Waals surface area (Å²) in [5.74, 6) is 1.05. The molecule has 0 amide bonds. The van der Waals surface area contributed by atoms with E-state index >= 15 is 0 Å². The number of pyridine rings is 1. The molecule has 1 unspecified atom stereocenters. The van der Waals surface area contributed by atoms with Gasteiger partial charge in [-0.25, -0.2) is 4.98 Å². The molecule has 0 bridgehead atoms. The van der Waals surface area contributed by atoms with E-state index in [-0.39, 0.29) is 0 Å². The van der Waals surface area contributed by atoms with Gasteiger partial charge in [0.15, 0.2) is 0 Å². The van der Waals surface area contributed by atoms with Gasteiger partial charge in [0.2, 0.25) is 0 Å². The van der Waals surface area contributed by atoms with Crippen LogP contribution < -0.4 is 10.6 Å². The van der Waals surface area contributed by atoms with Crippen molar-refractivity contribution in [1.29, 1.82) is 0 Å². The summed E-state index contributed by atoms with van der Waals surface area (Å²) < 4.78 is 5.81. The lowest BCUT2D eigenvalue weighted by molar-refractivity contribution is 0.0525. The van der Waals surface area contributed by atoms with Crippen LogP contribution in [0.3, 0.4) is 0 Å². The van der Waals surface area contributed by atoms with E-state index in [4.69, 9.17) is 15.5 Å². The van der Waals surface area contributed by atoms with Gasteiger partial charge in [0.05, 0.1) is 11.8 Å². The highest BCUT2D eigenvalue weighted by Gasteiger charge is 2.22. The molecule has 1 aromatic heterocycles. The minimum absolute atomic E-state index is 0.311. The molecule has 112 valence electrons. The monoisotopic (exact) mass is 285 g/mol. The van der Waals surface area contributed by atoms with Gasteiger partial charge in [0.1, 0.15) is 5.82 Å². The molecule has 2 N–H and O–H groups in total. The zero-order chi connectivity index (χ0) is 14.7. The summed E-state index contributed by atoms with van der Waals surface area (Å²) in [5, 5.41) is 2.41. The van der Waals surface area contributed by atoms with Crippen molar-refractivity contribution in [3.05, 3.63) is 36.0 Å². The molecule has 0 spiro atoms. The standard InChI is InChI=1S/C17H23N3O/c1-2-21-15-7-5-9-20(12-15)17-16-8-4-3-6-13(16)10-14(11-18)19-17/h3-4,6,8,10,15H,2,5,7,9,11-12,18H2,1H3. The molecule has 2 heterocycles. The Hall–Kier alpha value is -1.65. The first-order valence-corrected chi connectivity index (χ1v) is 7.77. The number of ether oxygens (including phenoxy) is 1. The van der Waals surface area contributed by atoms with Crippen molar-refractivity contribution in [2.24, 2.45) is 5.73 Å². The highest BCUT2D eigenvalue weighted by molar-refractivity contribution is 5.92. The fourth-order valence-corrected chi connectivity index (χ4v) is 3.08. The normalized spacial score (nSPS) is 19.1. The molecule has 21 heavy (non-hydrogen) atoms. The lowest BCUT2D eigenvalue weighted by atomic mass is 10.1. The third-order valence-electron chi connectivity index (χ3n) is 4.06. The number of fused-ring (bicyclic) bond motifs is 1. The molecule has 0 saturated carbocycles. The van der Waals surface area contributed by atoms with Gasteiger partial charge in [0.25, 0.3) is 0 Å². The third kappa shape index (κ3) is 3.01. The Balaban J connectivity index is 1.98. The molecule has 1 atom stereocenters. The van der Waals surface area contributed by atoms with Gasteiger partial charge >= 0.3 is 0 Å². The predicted octanol–water partition coefficient (Wildman–Crippen LogP) is 2.70. The first-order chi connectivity index (χ1) is 10.3. The maximum atomic E-state index is 5.81. The Bertz CT molecular complexity index is 612. The van der Waals surface area contributed by atoms with Crippen LogP contribution >= 0.6 is 0 Å². The molecule has 1 aromatic carbocycles. The quantitative estimate of drug-likeness (QED) is 0.938. The van der Waals surface area contributed by atoms with Gasteiger partial charge in [0, 0.05) is 31.6 Å². The third-order valence-corrected chi connectivity index (χ3v) is 4.06. The summed E-state index contributed by atoms with van der Waals surface area (Å²) >= 11 is 0. The molecule has 3 rings (SSSR count). The van der Waals surface area contributed by atoms with Crippen LogP contribution in [0.2, 0.25) is 0 Å². The van der Waals surface area contributed by atoms with Crippen LogP contribution in [-0.4, -0.2) is 30.8 Å².